The van der Waals surface area contributed by atoms with E-state index in [2.05, 4.69) is 42.5 Å². The molecule has 0 radical (unpaired) electrons. The first-order valence-corrected chi connectivity index (χ1v) is 31.3. The van der Waals surface area contributed by atoms with Crippen LogP contribution in [0.1, 0.15) is 94.9 Å². The van der Waals surface area contributed by atoms with Crippen molar-refractivity contribution in [1.82, 2.24) is 57.7 Å². The molecule has 0 aromatic carbocycles. The van der Waals surface area contributed by atoms with Gasteiger partial charge in [-0.2, -0.15) is 0 Å². The van der Waals surface area contributed by atoms with Gasteiger partial charge in [-0.1, -0.05) is 13.8 Å². The maximum Gasteiger partial charge on any atom is 0.322 e. The van der Waals surface area contributed by atoms with Gasteiger partial charge in [0.15, 0.2) is 12.6 Å². The lowest BCUT2D eigenvalue weighted by molar-refractivity contribution is -0.332. The Balaban J connectivity index is 1.56. The minimum Gasteiger partial charge on any atom is -0.480 e. The Morgan fingerprint density at radius 1 is 0.510 bits per heavy atom. The number of carboxylic acids is 1. The van der Waals surface area contributed by atoms with Crippen LogP contribution in [-0.4, -0.2) is 322 Å². The molecule has 0 aromatic heterocycles. The summed E-state index contributed by atoms with van der Waals surface area (Å²) in [6, 6.07) is -18.7. The van der Waals surface area contributed by atoms with Crippen LogP contribution >= 0.6 is 0 Å². The molecule has 22 N–H and O–H groups in total. The molecule has 546 valence electrons. The lowest BCUT2D eigenvalue weighted by atomic mass is 9.94. The minimum absolute atomic E-state index is 0.0287. The minimum atomic E-state index is -2.04. The Labute approximate surface area is 551 Å². The quantitative estimate of drug-likeness (QED) is 0.0297. The summed E-state index contributed by atoms with van der Waals surface area (Å²) in [5.74, 6) is -13.7. The zero-order valence-electron chi connectivity index (χ0n) is 54.8. The predicted molar refractivity (Wildman–Crippen MR) is 323 cm³/mol. The number of hydrogen-bond acceptors (Lipinski definition) is 27. The Bertz CT molecular complexity index is 2730. The van der Waals surface area contributed by atoms with Gasteiger partial charge >= 0.3 is 5.97 Å². The summed E-state index contributed by atoms with van der Waals surface area (Å²) in [6.45, 7) is 8.85. The van der Waals surface area contributed by atoms with Crippen molar-refractivity contribution >= 4 is 70.9 Å². The van der Waals surface area contributed by atoms with Crippen molar-refractivity contribution in [2.24, 2.45) is 11.7 Å². The van der Waals surface area contributed by atoms with Gasteiger partial charge in [-0.05, 0) is 73.1 Å². The van der Waals surface area contributed by atoms with Crippen LogP contribution in [0.3, 0.4) is 0 Å². The van der Waals surface area contributed by atoms with E-state index in [4.69, 9.17) is 29.8 Å². The standard InChI is InChI=1S/C57H96N12O27/c1-20(2)35(51(88)66-39(25(7)76)55(92)69-16-12-14-30(69)48(85)65-38(24(6)75)54(91)68-15-11-13-29(68)47(84)63-36(22(4)73)50(87)59-17-33(79)80)62-52(89)37(23(5)74)64-53(90)40(67-49(86)34(58)21(3)72)26(8)93-57-42(61-28(10)78)46(44(82)32(19-71)95-57)96-56-41(60-27(9)77)45(83)43(81)31(18-70)94-56/h20-26,29-32,34-46,56-57,70-76,81-83H,11-19,58H2,1-10H3,(H,59,87)(H,60,77)(H,61,78)(H,62,89)(H,63,84)(H,64,90)(H,65,85)(H,66,88)(H,67,86)(H,79,80)/t21-,22-,23-,24-,25-,26-,29+,30+,31-,32-,34+,35+,36+,37+,38+,39+,40+,41-,42-,43-,44-,45-,46-,56+,57+/m1/s1. The maximum atomic E-state index is 14.6. The maximum absolute atomic E-state index is 14.6. The number of carbonyl (C=O) groups is 12. The summed E-state index contributed by atoms with van der Waals surface area (Å²) in [4.78, 5) is 164. The molecule has 0 aliphatic carbocycles. The van der Waals surface area contributed by atoms with Gasteiger partial charge in [-0.3, -0.25) is 57.5 Å². The molecule has 4 rings (SSSR count). The summed E-state index contributed by atoms with van der Waals surface area (Å²) >= 11 is 0. The number of aliphatic carboxylic acids is 1. The van der Waals surface area contributed by atoms with Crippen molar-refractivity contribution in [3.63, 3.8) is 0 Å². The fourth-order valence-electron chi connectivity index (χ4n) is 11.2. The molecule has 0 spiro atoms. The Kier molecular flexibility index (Phi) is 31.0. The van der Waals surface area contributed by atoms with Crippen molar-refractivity contribution in [3.8, 4) is 0 Å². The van der Waals surface area contributed by atoms with Crippen molar-refractivity contribution < 1.29 is 133 Å². The van der Waals surface area contributed by atoms with E-state index in [0.29, 0.717) is 0 Å². The van der Waals surface area contributed by atoms with E-state index in [-0.39, 0.29) is 38.8 Å². The number of nitrogens with zero attached hydrogens (tertiary/aromatic N) is 2. The molecule has 4 aliphatic rings. The number of nitrogens with two attached hydrogens (primary N) is 1. The SMILES string of the molecule is CC(=O)N[C@H]1[C@H](O[C@H]2[C@H](O)[C@@H](CO)O[C@H](O[C@H](C)[C@H](NC(=O)[C@@H](N)[C@@H](C)O)C(=O)N[C@H](C(=O)N[C@H](C(=O)N[C@H](C(=O)N3CCC[C@H]3C(=O)N[C@H](C(=O)N3CCC[C@H]3C(=O)N[C@H](C(=O)NCC(=O)O)[C@@H](C)O)[C@@H](C)O)[C@@H](C)O)C(C)C)[C@@H](C)O)[C@@H]2NC(C)=O)O[C@H](CO)[C@@H](O)[C@@H]1O. The molecule has 96 heavy (non-hydrogen) atoms. The second-order valence-electron chi connectivity index (χ2n) is 24.7. The molecule has 25 atom stereocenters. The number of likely N-dealkylation sites (tertiary alicyclic amines) is 2. The van der Waals surface area contributed by atoms with Gasteiger partial charge in [0.1, 0.15) is 110 Å². The number of hydrogen-bond donors (Lipinski definition) is 21. The monoisotopic (exact) mass is 1380 g/mol. The highest BCUT2D eigenvalue weighted by Gasteiger charge is 2.54. The first-order valence-electron chi connectivity index (χ1n) is 31.3. The zero-order valence-corrected chi connectivity index (χ0v) is 54.8. The lowest BCUT2D eigenvalue weighted by Crippen LogP contribution is -2.70. The van der Waals surface area contributed by atoms with E-state index in [1.54, 1.807) is 0 Å². The molecule has 4 fully saturated rings. The number of carboxylic acid groups (broad SMARTS) is 1. The average molecular weight is 1380 g/mol. The molecule has 0 saturated carbocycles. The van der Waals surface area contributed by atoms with E-state index < -0.39 is 249 Å². The van der Waals surface area contributed by atoms with Gasteiger partial charge < -0.3 is 139 Å². The van der Waals surface area contributed by atoms with Crippen LogP contribution in [0.4, 0.5) is 0 Å². The second-order valence-corrected chi connectivity index (χ2v) is 24.7. The third kappa shape index (κ3) is 21.3. The number of aliphatic hydroxyl groups is 10. The molecule has 0 aromatic rings. The molecule has 39 heteroatoms. The van der Waals surface area contributed by atoms with Crippen molar-refractivity contribution in [3.05, 3.63) is 0 Å². The first kappa shape index (κ1) is 81.5. The number of nitrogens with one attached hydrogen (secondary N) is 9. The van der Waals surface area contributed by atoms with Crippen LogP contribution in [-0.2, 0) is 76.5 Å². The Hall–Kier alpha value is -6.96. The van der Waals surface area contributed by atoms with Crippen molar-refractivity contribution in [2.45, 2.75) is 247 Å². The summed E-state index contributed by atoms with van der Waals surface area (Å²) in [7, 11) is 0. The van der Waals surface area contributed by atoms with E-state index in [1.165, 1.54) is 20.8 Å². The smallest absolute Gasteiger partial charge is 0.322 e. The third-order valence-electron chi connectivity index (χ3n) is 16.5. The Morgan fingerprint density at radius 3 is 1.38 bits per heavy atom. The summed E-state index contributed by atoms with van der Waals surface area (Å²) in [5.41, 5.74) is 5.93. The van der Waals surface area contributed by atoms with E-state index in [0.717, 1.165) is 58.3 Å². The molecular weight excluding hydrogens is 1280 g/mol. The topological polar surface area (TPSA) is 605 Å². The molecule has 11 amide bonds. The summed E-state index contributed by atoms with van der Waals surface area (Å²) < 4.78 is 23.7. The second kappa shape index (κ2) is 36.6. The highest BCUT2D eigenvalue weighted by Crippen LogP contribution is 2.31. The zero-order chi connectivity index (χ0) is 72.7. The van der Waals surface area contributed by atoms with Crippen LogP contribution in [0.15, 0.2) is 0 Å². The Morgan fingerprint density at radius 2 is 0.917 bits per heavy atom. The molecule has 39 nitrogen and oxygen atoms in total. The third-order valence-corrected chi connectivity index (χ3v) is 16.5. The summed E-state index contributed by atoms with van der Waals surface area (Å²) in [6.07, 6.45) is -23.9. The van der Waals surface area contributed by atoms with E-state index in [9.17, 15) is 109 Å². The van der Waals surface area contributed by atoms with Gasteiger partial charge in [0, 0.05) is 26.9 Å². The van der Waals surface area contributed by atoms with Crippen LogP contribution in [0.25, 0.3) is 0 Å². The van der Waals surface area contributed by atoms with Crippen LogP contribution in [0, 0.1) is 5.92 Å². The van der Waals surface area contributed by atoms with Gasteiger partial charge in [0.05, 0.1) is 49.8 Å². The lowest BCUT2D eigenvalue weighted by Gasteiger charge is -2.48. The molecule has 4 aliphatic heterocycles. The number of ether oxygens (including phenoxy) is 4. The summed E-state index contributed by atoms with van der Waals surface area (Å²) in [5, 5.41) is 137. The van der Waals surface area contributed by atoms with Crippen molar-refractivity contribution in [1.29, 1.82) is 0 Å². The molecule has 4 saturated heterocycles. The number of rotatable bonds is 32. The normalized spacial score (nSPS) is 28.4. The largest absolute Gasteiger partial charge is 0.480 e. The first-order chi connectivity index (χ1) is 44.8. The number of amides is 11. The number of carbonyl (C=O) groups excluding carboxylic acids is 11. The van der Waals surface area contributed by atoms with Crippen LogP contribution in [0.5, 0.6) is 0 Å². The van der Waals surface area contributed by atoms with Gasteiger partial charge in [-0.15, -0.1) is 0 Å². The van der Waals surface area contributed by atoms with Crippen LogP contribution in [0.2, 0.25) is 0 Å². The highest BCUT2D eigenvalue weighted by atomic mass is 16.7. The van der Waals surface area contributed by atoms with Crippen molar-refractivity contribution in [2.75, 3.05) is 32.8 Å². The van der Waals surface area contributed by atoms with E-state index in [1.807, 2.05) is 5.32 Å². The molecule has 0 bridgehead atoms. The highest BCUT2D eigenvalue weighted by molar-refractivity contribution is 5.99. The fraction of sp³-hybridized carbons (Fsp3) is 0.789. The molecular formula is C57H96N12O27. The predicted octanol–water partition coefficient (Wildman–Crippen LogP) is -11.7. The number of aliphatic hydroxyl groups excluding tert-OH is 10. The molecule has 4 heterocycles. The van der Waals surface area contributed by atoms with Crippen LogP contribution < -0.4 is 53.6 Å². The fourth-order valence-corrected chi connectivity index (χ4v) is 11.2. The van der Waals surface area contributed by atoms with Gasteiger partial charge in [0.25, 0.3) is 0 Å². The average Bonchev–Trinajstić information content (AvgIpc) is 0.965. The van der Waals surface area contributed by atoms with E-state index >= 15 is 0 Å². The molecule has 0 unspecified atom stereocenters. The van der Waals surface area contributed by atoms with Gasteiger partial charge in [-0.25, -0.2) is 0 Å². The van der Waals surface area contributed by atoms with Gasteiger partial charge in [0.2, 0.25) is 65.0 Å².